The van der Waals surface area contributed by atoms with E-state index in [0.717, 1.165) is 0 Å². The molecule has 0 saturated carbocycles. The molecule has 14 heavy (non-hydrogen) atoms. The Kier molecular flexibility index (Phi) is 3.17. The number of hydrogen-bond donors (Lipinski definition) is 2. The molecule has 0 aliphatic heterocycles. The normalized spacial score (nSPS) is 24.4. The first-order valence-corrected chi connectivity index (χ1v) is 4.27. The van der Waals surface area contributed by atoms with E-state index in [1.165, 1.54) is 0 Å². The Morgan fingerprint density at radius 2 is 2.07 bits per heavy atom. The Bertz CT molecular complexity index is 381. The van der Waals surface area contributed by atoms with Crippen molar-refractivity contribution in [2.24, 2.45) is 5.73 Å². The minimum Gasteiger partial charge on any atom is -0.383 e. The van der Waals surface area contributed by atoms with E-state index in [4.69, 9.17) is 17.3 Å². The number of hydrogen-bond acceptors (Lipinski definition) is 3. The smallest absolute Gasteiger partial charge is 0.193 e. The Morgan fingerprint density at radius 1 is 1.43 bits per heavy atom. The molecule has 0 unspecified atom stereocenters. The largest absolute Gasteiger partial charge is 0.383 e. The first-order valence-electron chi connectivity index (χ1n) is 3.89. The molecule has 0 fully saturated rings. The van der Waals surface area contributed by atoms with Gasteiger partial charge in [0, 0.05) is 16.1 Å². The van der Waals surface area contributed by atoms with Crippen molar-refractivity contribution in [3.8, 4) is 0 Å². The third kappa shape index (κ3) is 1.42. The Hall–Kier alpha value is -0.610. The number of benzene rings is 1. The molecular weight excluding hydrogens is 225 g/mol. The second kappa shape index (κ2) is 3.87. The number of aliphatic hydroxyl groups excluding tert-OH is 1. The Morgan fingerprint density at radius 3 is 2.64 bits per heavy atom. The summed E-state index contributed by atoms with van der Waals surface area (Å²) in [7, 11) is 0. The van der Waals surface area contributed by atoms with E-state index in [9.17, 15) is 9.90 Å². The molecule has 0 radical (unpaired) electrons. The van der Waals surface area contributed by atoms with Gasteiger partial charge in [0.05, 0.1) is 6.04 Å². The van der Waals surface area contributed by atoms with Gasteiger partial charge < -0.3 is 10.8 Å². The number of rotatable bonds is 0. The molecule has 0 aromatic heterocycles. The van der Waals surface area contributed by atoms with E-state index < -0.39 is 12.1 Å². The Labute approximate surface area is 92.3 Å². The van der Waals surface area contributed by atoms with Gasteiger partial charge in [0.1, 0.15) is 6.10 Å². The predicted molar refractivity (Wildman–Crippen MR) is 56.0 cm³/mol. The van der Waals surface area contributed by atoms with Crippen LogP contribution in [0.5, 0.6) is 0 Å². The zero-order chi connectivity index (χ0) is 9.59. The van der Waals surface area contributed by atoms with Crippen molar-refractivity contribution in [3.63, 3.8) is 0 Å². The van der Waals surface area contributed by atoms with Crippen molar-refractivity contribution in [1.29, 1.82) is 0 Å². The fourth-order valence-corrected chi connectivity index (χ4v) is 1.87. The number of carbonyl (C=O) groups excluding carboxylic acids is 1. The average Bonchev–Trinajstić information content (AvgIpc) is 2.33. The minimum atomic E-state index is -1.14. The molecule has 0 heterocycles. The molecule has 0 amide bonds. The Balaban J connectivity index is 0.000000980. The van der Waals surface area contributed by atoms with Gasteiger partial charge in [-0.1, -0.05) is 23.7 Å². The lowest BCUT2D eigenvalue weighted by atomic mass is 10.1. The highest BCUT2D eigenvalue weighted by molar-refractivity contribution is 6.32. The third-order valence-electron chi connectivity index (χ3n) is 2.26. The van der Waals surface area contributed by atoms with Crippen LogP contribution in [0, 0.1) is 0 Å². The van der Waals surface area contributed by atoms with Gasteiger partial charge in [0.15, 0.2) is 5.78 Å². The summed E-state index contributed by atoms with van der Waals surface area (Å²) in [6.45, 7) is 0. The van der Waals surface area contributed by atoms with Gasteiger partial charge in [-0.2, -0.15) is 0 Å². The van der Waals surface area contributed by atoms with Crippen LogP contribution in [0.15, 0.2) is 18.2 Å². The van der Waals surface area contributed by atoms with Crippen molar-refractivity contribution in [3.05, 3.63) is 34.3 Å². The molecule has 5 heteroatoms. The minimum absolute atomic E-state index is 0. The standard InChI is InChI=1S/C9H8ClNO2.ClH/c10-5-3-1-2-4-6(5)7(11)9(13)8(4)12;/h1-3,7,9,13H,11H2;1H/t7-,9-;/m0./s1. The van der Waals surface area contributed by atoms with Crippen LogP contribution in [0.1, 0.15) is 22.0 Å². The van der Waals surface area contributed by atoms with Crippen LogP contribution < -0.4 is 5.73 Å². The van der Waals surface area contributed by atoms with Crippen molar-refractivity contribution < 1.29 is 9.90 Å². The summed E-state index contributed by atoms with van der Waals surface area (Å²) in [5, 5.41) is 9.82. The van der Waals surface area contributed by atoms with Crippen LogP contribution in [-0.2, 0) is 0 Å². The fourth-order valence-electron chi connectivity index (χ4n) is 1.57. The molecule has 0 bridgehead atoms. The summed E-state index contributed by atoms with van der Waals surface area (Å²) >= 11 is 5.85. The van der Waals surface area contributed by atoms with Gasteiger partial charge in [-0.05, 0) is 6.07 Å². The summed E-state index contributed by atoms with van der Waals surface area (Å²) in [4.78, 5) is 11.4. The molecule has 1 aliphatic carbocycles. The number of carbonyl (C=O) groups is 1. The van der Waals surface area contributed by atoms with Gasteiger partial charge >= 0.3 is 0 Å². The third-order valence-corrected chi connectivity index (χ3v) is 2.59. The van der Waals surface area contributed by atoms with Crippen LogP contribution >= 0.6 is 24.0 Å². The van der Waals surface area contributed by atoms with Crippen LogP contribution in [0.3, 0.4) is 0 Å². The number of Topliss-reactive ketones (excluding diaryl/α,β-unsaturated/α-hetero) is 1. The molecule has 3 N–H and O–H groups in total. The molecule has 3 nitrogen and oxygen atoms in total. The lowest BCUT2D eigenvalue weighted by molar-refractivity contribution is 0.0736. The second-order valence-corrected chi connectivity index (χ2v) is 3.44. The zero-order valence-corrected chi connectivity index (χ0v) is 8.68. The maximum atomic E-state index is 11.4. The molecule has 0 spiro atoms. The first kappa shape index (κ1) is 11.5. The molecule has 2 atom stereocenters. The summed E-state index contributed by atoms with van der Waals surface area (Å²) in [5.74, 6) is -0.343. The summed E-state index contributed by atoms with van der Waals surface area (Å²) in [6, 6.07) is 4.27. The van der Waals surface area contributed by atoms with Crippen LogP contribution in [0.4, 0.5) is 0 Å². The molecule has 1 aromatic rings. The zero-order valence-electron chi connectivity index (χ0n) is 7.11. The van der Waals surface area contributed by atoms with Crippen molar-refractivity contribution in [2.45, 2.75) is 12.1 Å². The second-order valence-electron chi connectivity index (χ2n) is 3.04. The maximum absolute atomic E-state index is 11.4. The van der Waals surface area contributed by atoms with E-state index in [-0.39, 0.29) is 18.2 Å². The molecule has 76 valence electrons. The van der Waals surface area contributed by atoms with Crippen molar-refractivity contribution >= 4 is 29.8 Å². The van der Waals surface area contributed by atoms with Gasteiger partial charge in [0.2, 0.25) is 0 Å². The molecular formula is C9H9Cl2NO2. The number of nitrogens with two attached hydrogens (primary N) is 1. The number of aliphatic hydroxyl groups is 1. The van der Waals surface area contributed by atoms with Gasteiger partial charge in [-0.25, -0.2) is 0 Å². The number of ketones is 1. The summed E-state index contributed by atoms with van der Waals surface area (Å²) in [5.41, 5.74) is 6.62. The average molecular weight is 234 g/mol. The monoisotopic (exact) mass is 233 g/mol. The van der Waals surface area contributed by atoms with Gasteiger partial charge in [-0.3, -0.25) is 4.79 Å². The summed E-state index contributed by atoms with van der Waals surface area (Å²) in [6.07, 6.45) is -1.14. The van der Waals surface area contributed by atoms with Gasteiger partial charge in [-0.15, -0.1) is 12.4 Å². The molecule has 2 rings (SSSR count). The molecule has 1 aliphatic rings. The highest BCUT2D eigenvalue weighted by Crippen LogP contribution is 2.34. The molecule has 1 aromatic carbocycles. The topological polar surface area (TPSA) is 63.3 Å². The highest BCUT2D eigenvalue weighted by Gasteiger charge is 2.37. The van der Waals surface area contributed by atoms with Crippen LogP contribution in [0.2, 0.25) is 5.02 Å². The number of halogens is 2. The van der Waals surface area contributed by atoms with E-state index in [1.807, 2.05) is 0 Å². The first-order chi connectivity index (χ1) is 6.13. The van der Waals surface area contributed by atoms with Crippen LogP contribution in [0.25, 0.3) is 0 Å². The van der Waals surface area contributed by atoms with Crippen LogP contribution in [-0.4, -0.2) is 17.0 Å². The fraction of sp³-hybridized carbons (Fsp3) is 0.222. The van der Waals surface area contributed by atoms with Crippen molar-refractivity contribution in [2.75, 3.05) is 0 Å². The highest BCUT2D eigenvalue weighted by atomic mass is 35.5. The SMILES string of the molecule is Cl.N[C@H]1c2c(Cl)cccc2C(=O)[C@H]1O. The predicted octanol–water partition coefficient (Wildman–Crippen LogP) is 1.32. The molecule has 0 saturated heterocycles. The van der Waals surface area contributed by atoms with Gasteiger partial charge in [0.25, 0.3) is 0 Å². The van der Waals surface area contributed by atoms with Crippen molar-refractivity contribution in [1.82, 2.24) is 0 Å². The quantitative estimate of drug-likeness (QED) is 0.711. The van der Waals surface area contributed by atoms with E-state index >= 15 is 0 Å². The number of fused-ring (bicyclic) bond motifs is 1. The summed E-state index contributed by atoms with van der Waals surface area (Å²) < 4.78 is 0. The lowest BCUT2D eigenvalue weighted by Crippen LogP contribution is -2.25. The van der Waals surface area contributed by atoms with E-state index in [0.29, 0.717) is 16.1 Å². The lowest BCUT2D eigenvalue weighted by Gasteiger charge is -2.08. The van der Waals surface area contributed by atoms with E-state index in [1.54, 1.807) is 18.2 Å². The van der Waals surface area contributed by atoms with E-state index in [2.05, 4.69) is 0 Å². The maximum Gasteiger partial charge on any atom is 0.193 e.